The van der Waals surface area contributed by atoms with Crippen molar-refractivity contribution in [1.29, 1.82) is 0 Å². The third-order valence-corrected chi connectivity index (χ3v) is 4.06. The highest BCUT2D eigenvalue weighted by Gasteiger charge is 2.34. The van der Waals surface area contributed by atoms with Crippen LogP contribution in [0.25, 0.3) is 0 Å². The summed E-state index contributed by atoms with van der Waals surface area (Å²) in [5.74, 6) is 0. The molecule has 3 rings (SSSR count). The summed E-state index contributed by atoms with van der Waals surface area (Å²) >= 11 is 0. The van der Waals surface area contributed by atoms with Gasteiger partial charge in [-0.3, -0.25) is 0 Å². The molecule has 3 nitrogen and oxygen atoms in total. The number of nitrogens with zero attached hydrogens (tertiary/aromatic N) is 1. The Balaban J connectivity index is 1.75. The lowest BCUT2D eigenvalue weighted by Crippen LogP contribution is -2.43. The van der Waals surface area contributed by atoms with Crippen LogP contribution in [-0.4, -0.2) is 26.3 Å². The molecule has 0 atom stereocenters. The summed E-state index contributed by atoms with van der Waals surface area (Å²) in [7, 11) is 0. The fourth-order valence-electron chi connectivity index (χ4n) is 2.67. The minimum absolute atomic E-state index is 0.0382. The van der Waals surface area contributed by atoms with Gasteiger partial charge >= 0.3 is 0 Å². The molecule has 1 aromatic rings. The van der Waals surface area contributed by atoms with Gasteiger partial charge < -0.3 is 15.4 Å². The molecular weight excluding hydrogens is 212 g/mol. The Morgan fingerprint density at radius 3 is 2.24 bits per heavy atom. The van der Waals surface area contributed by atoms with E-state index < -0.39 is 0 Å². The molecule has 0 bridgehead atoms. The van der Waals surface area contributed by atoms with E-state index in [0.29, 0.717) is 0 Å². The lowest BCUT2D eigenvalue weighted by molar-refractivity contribution is 0.122. The lowest BCUT2D eigenvalue weighted by atomic mass is 9.73. The second kappa shape index (κ2) is 4.31. The van der Waals surface area contributed by atoms with Crippen LogP contribution in [-0.2, 0) is 10.3 Å². The first-order chi connectivity index (χ1) is 8.28. The van der Waals surface area contributed by atoms with Gasteiger partial charge in [0.15, 0.2) is 0 Å². The number of hydrogen-bond donors (Lipinski definition) is 1. The van der Waals surface area contributed by atoms with Crippen LogP contribution in [0, 0.1) is 0 Å². The van der Waals surface area contributed by atoms with Crippen molar-refractivity contribution < 1.29 is 4.74 Å². The van der Waals surface area contributed by atoms with Crippen LogP contribution in [0.2, 0.25) is 0 Å². The average Bonchev–Trinajstić information content (AvgIpc) is 2.37. The molecule has 3 heteroatoms. The topological polar surface area (TPSA) is 38.5 Å². The van der Waals surface area contributed by atoms with Gasteiger partial charge in [0.2, 0.25) is 0 Å². The highest BCUT2D eigenvalue weighted by Crippen LogP contribution is 2.39. The first-order valence-electron chi connectivity index (χ1n) is 6.50. The van der Waals surface area contributed by atoms with Crippen molar-refractivity contribution in [2.75, 3.05) is 31.2 Å². The molecule has 1 aliphatic heterocycles. The Hall–Kier alpha value is -1.06. The van der Waals surface area contributed by atoms with Gasteiger partial charge in [-0.05, 0) is 37.0 Å². The minimum Gasteiger partial charge on any atom is -0.378 e. The van der Waals surface area contributed by atoms with Crippen LogP contribution in [0.4, 0.5) is 5.69 Å². The van der Waals surface area contributed by atoms with Crippen LogP contribution in [0.5, 0.6) is 0 Å². The Labute approximate surface area is 103 Å². The molecule has 0 spiro atoms. The fourth-order valence-corrected chi connectivity index (χ4v) is 2.67. The highest BCUT2D eigenvalue weighted by molar-refractivity contribution is 5.49. The van der Waals surface area contributed by atoms with E-state index in [1.807, 2.05) is 0 Å². The van der Waals surface area contributed by atoms with Gasteiger partial charge in [-0.25, -0.2) is 0 Å². The molecule has 1 heterocycles. The molecule has 92 valence electrons. The van der Waals surface area contributed by atoms with E-state index in [1.165, 1.54) is 17.7 Å². The van der Waals surface area contributed by atoms with Crippen molar-refractivity contribution in [3.63, 3.8) is 0 Å². The maximum Gasteiger partial charge on any atom is 0.0642 e. The second-order valence-corrected chi connectivity index (χ2v) is 5.16. The molecule has 0 radical (unpaired) electrons. The molecule has 0 unspecified atom stereocenters. The molecule has 2 N–H and O–H groups in total. The summed E-state index contributed by atoms with van der Waals surface area (Å²) in [5, 5.41) is 0. The number of anilines is 1. The SMILES string of the molecule is NC1(c2ccc(N3CCOCC3)cc2)CCC1. The van der Waals surface area contributed by atoms with Gasteiger partial charge in [-0.1, -0.05) is 12.1 Å². The molecule has 0 aromatic heterocycles. The summed E-state index contributed by atoms with van der Waals surface area (Å²) in [6.07, 6.45) is 3.52. The Morgan fingerprint density at radius 2 is 1.71 bits per heavy atom. The van der Waals surface area contributed by atoms with E-state index in [2.05, 4.69) is 29.2 Å². The van der Waals surface area contributed by atoms with Crippen LogP contribution in [0.15, 0.2) is 24.3 Å². The summed E-state index contributed by atoms with van der Waals surface area (Å²) in [5.41, 5.74) is 8.86. The number of morpholine rings is 1. The van der Waals surface area contributed by atoms with Gasteiger partial charge in [0.1, 0.15) is 0 Å². The second-order valence-electron chi connectivity index (χ2n) is 5.16. The number of hydrogen-bond acceptors (Lipinski definition) is 3. The van der Waals surface area contributed by atoms with Crippen molar-refractivity contribution in [3.8, 4) is 0 Å². The standard InChI is InChI=1S/C14H20N2O/c15-14(6-1-7-14)12-2-4-13(5-3-12)16-8-10-17-11-9-16/h2-5H,1,6-11,15H2. The molecule has 2 aliphatic rings. The maximum atomic E-state index is 6.32. The quantitative estimate of drug-likeness (QED) is 0.846. The van der Waals surface area contributed by atoms with Crippen LogP contribution in [0.3, 0.4) is 0 Å². The highest BCUT2D eigenvalue weighted by atomic mass is 16.5. The molecule has 0 amide bonds. The monoisotopic (exact) mass is 232 g/mol. The molecule has 1 aromatic carbocycles. The van der Waals surface area contributed by atoms with Crippen LogP contribution >= 0.6 is 0 Å². The minimum atomic E-state index is -0.0382. The van der Waals surface area contributed by atoms with E-state index in [1.54, 1.807) is 0 Å². The predicted molar refractivity (Wildman–Crippen MR) is 69.2 cm³/mol. The van der Waals surface area contributed by atoms with Crippen molar-refractivity contribution in [1.82, 2.24) is 0 Å². The van der Waals surface area contributed by atoms with Gasteiger partial charge in [0.05, 0.1) is 13.2 Å². The summed E-state index contributed by atoms with van der Waals surface area (Å²) < 4.78 is 5.36. The third-order valence-electron chi connectivity index (χ3n) is 4.06. The normalized spacial score (nSPS) is 23.2. The van der Waals surface area contributed by atoms with Crippen molar-refractivity contribution >= 4 is 5.69 Å². The van der Waals surface area contributed by atoms with Crippen molar-refractivity contribution in [2.24, 2.45) is 5.73 Å². The zero-order valence-corrected chi connectivity index (χ0v) is 10.2. The van der Waals surface area contributed by atoms with E-state index in [0.717, 1.165) is 39.1 Å². The number of rotatable bonds is 2. The Bertz CT molecular complexity index is 378. The molecule has 1 aliphatic carbocycles. The summed E-state index contributed by atoms with van der Waals surface area (Å²) in [6.45, 7) is 3.66. The van der Waals surface area contributed by atoms with Gasteiger partial charge in [-0.15, -0.1) is 0 Å². The van der Waals surface area contributed by atoms with Crippen LogP contribution in [0.1, 0.15) is 24.8 Å². The zero-order chi connectivity index (χ0) is 11.7. The molecular formula is C14H20N2O. The molecule has 1 saturated carbocycles. The summed E-state index contributed by atoms with van der Waals surface area (Å²) in [4.78, 5) is 2.37. The lowest BCUT2D eigenvalue weighted by Gasteiger charge is -2.39. The van der Waals surface area contributed by atoms with Crippen LogP contribution < -0.4 is 10.6 Å². The first kappa shape index (κ1) is 11.1. The first-order valence-corrected chi connectivity index (χ1v) is 6.50. The van der Waals surface area contributed by atoms with E-state index >= 15 is 0 Å². The van der Waals surface area contributed by atoms with Crippen molar-refractivity contribution in [3.05, 3.63) is 29.8 Å². The third kappa shape index (κ3) is 2.05. The van der Waals surface area contributed by atoms with E-state index in [-0.39, 0.29) is 5.54 Å². The van der Waals surface area contributed by atoms with Gasteiger partial charge in [0.25, 0.3) is 0 Å². The van der Waals surface area contributed by atoms with Gasteiger partial charge in [-0.2, -0.15) is 0 Å². The Morgan fingerprint density at radius 1 is 1.06 bits per heavy atom. The molecule has 1 saturated heterocycles. The number of ether oxygens (including phenoxy) is 1. The molecule has 2 fully saturated rings. The Kier molecular flexibility index (Phi) is 2.81. The smallest absolute Gasteiger partial charge is 0.0642 e. The van der Waals surface area contributed by atoms with Gasteiger partial charge in [0, 0.05) is 24.3 Å². The summed E-state index contributed by atoms with van der Waals surface area (Å²) in [6, 6.07) is 8.80. The van der Waals surface area contributed by atoms with Crippen molar-refractivity contribution in [2.45, 2.75) is 24.8 Å². The number of nitrogens with two attached hydrogens (primary N) is 1. The molecule has 17 heavy (non-hydrogen) atoms. The maximum absolute atomic E-state index is 6.32. The van der Waals surface area contributed by atoms with E-state index in [9.17, 15) is 0 Å². The fraction of sp³-hybridized carbons (Fsp3) is 0.571. The largest absolute Gasteiger partial charge is 0.378 e. The average molecular weight is 232 g/mol. The van der Waals surface area contributed by atoms with E-state index in [4.69, 9.17) is 10.5 Å². The zero-order valence-electron chi connectivity index (χ0n) is 10.2. The predicted octanol–water partition coefficient (Wildman–Crippen LogP) is 1.86. The number of benzene rings is 1.